The average Bonchev–Trinajstić information content (AvgIpc) is 2.47. The second-order valence-electron chi connectivity index (χ2n) is 4.60. The lowest BCUT2D eigenvalue weighted by molar-refractivity contribution is -0.125. The Morgan fingerprint density at radius 2 is 1.95 bits per heavy atom. The van der Waals surface area contributed by atoms with E-state index in [1.54, 1.807) is 29.7 Å². The molecule has 0 fully saturated rings. The molecule has 0 bridgehead atoms. The maximum absolute atomic E-state index is 12.4. The van der Waals surface area contributed by atoms with Gasteiger partial charge < -0.3 is 0 Å². The van der Waals surface area contributed by atoms with Crippen molar-refractivity contribution < 1.29 is 18.4 Å². The Hall–Kier alpha value is -1.70. The highest BCUT2D eigenvalue weighted by Gasteiger charge is 2.27. The van der Waals surface area contributed by atoms with Gasteiger partial charge in [-0.15, -0.1) is 0 Å². The predicted molar refractivity (Wildman–Crippen MR) is 72.6 cm³/mol. The first-order valence-corrected chi connectivity index (χ1v) is 7.59. The van der Waals surface area contributed by atoms with E-state index in [0.717, 1.165) is 5.56 Å². The van der Waals surface area contributed by atoms with Crippen LogP contribution in [-0.2, 0) is 14.8 Å². The number of nitrogens with zero attached hydrogens (tertiary/aromatic N) is 1. The Morgan fingerprint density at radius 3 is 2.45 bits per heavy atom. The SMILES string of the molecule is Cc1ccc(S(=O)(=O)N2CC=C(C(=O)NO)CC2)cc1. The van der Waals surface area contributed by atoms with Crippen LogP contribution in [0.3, 0.4) is 0 Å². The number of hydrogen-bond donors (Lipinski definition) is 2. The van der Waals surface area contributed by atoms with E-state index in [0.29, 0.717) is 5.57 Å². The molecule has 0 saturated carbocycles. The summed E-state index contributed by atoms with van der Waals surface area (Å²) in [4.78, 5) is 11.5. The third-order valence-electron chi connectivity index (χ3n) is 3.22. The average molecular weight is 296 g/mol. The Kier molecular flexibility index (Phi) is 4.22. The summed E-state index contributed by atoms with van der Waals surface area (Å²) in [6.45, 7) is 2.23. The van der Waals surface area contributed by atoms with E-state index >= 15 is 0 Å². The number of hydrogen-bond acceptors (Lipinski definition) is 4. The standard InChI is InChI=1S/C13H16N2O4S/c1-10-2-4-12(5-3-10)20(18,19)15-8-6-11(7-9-15)13(16)14-17/h2-6,17H,7-9H2,1H3,(H,14,16). The van der Waals surface area contributed by atoms with Gasteiger partial charge in [-0.2, -0.15) is 4.31 Å². The molecule has 2 N–H and O–H groups in total. The van der Waals surface area contributed by atoms with Gasteiger partial charge in [-0.1, -0.05) is 23.8 Å². The fourth-order valence-corrected chi connectivity index (χ4v) is 3.39. The quantitative estimate of drug-likeness (QED) is 0.638. The molecule has 1 aromatic carbocycles. The van der Waals surface area contributed by atoms with Gasteiger partial charge in [0.05, 0.1) is 4.90 Å². The molecule has 6 nitrogen and oxygen atoms in total. The minimum absolute atomic E-state index is 0.124. The Labute approximate surface area is 117 Å². The van der Waals surface area contributed by atoms with Gasteiger partial charge in [0.25, 0.3) is 5.91 Å². The van der Waals surface area contributed by atoms with E-state index in [1.165, 1.54) is 10.4 Å². The summed E-state index contributed by atoms with van der Waals surface area (Å²) >= 11 is 0. The zero-order chi connectivity index (χ0) is 14.8. The third kappa shape index (κ3) is 2.90. The van der Waals surface area contributed by atoms with Gasteiger partial charge in [-0.3, -0.25) is 10.0 Å². The summed E-state index contributed by atoms with van der Waals surface area (Å²) in [7, 11) is -3.54. The molecule has 108 valence electrons. The van der Waals surface area contributed by atoms with Gasteiger partial charge in [0.15, 0.2) is 0 Å². The molecule has 1 heterocycles. The van der Waals surface area contributed by atoms with E-state index < -0.39 is 15.9 Å². The second kappa shape index (κ2) is 5.74. The zero-order valence-electron chi connectivity index (χ0n) is 11.0. The predicted octanol–water partition coefficient (Wildman–Crippen LogP) is 0.821. The molecule has 2 rings (SSSR count). The molecule has 0 aliphatic carbocycles. The monoisotopic (exact) mass is 296 g/mol. The second-order valence-corrected chi connectivity index (χ2v) is 6.53. The van der Waals surface area contributed by atoms with Crippen LogP contribution in [0.25, 0.3) is 0 Å². The fourth-order valence-electron chi connectivity index (χ4n) is 2.01. The van der Waals surface area contributed by atoms with Gasteiger partial charge in [0.2, 0.25) is 10.0 Å². The molecule has 1 aliphatic heterocycles. The highest BCUT2D eigenvalue weighted by molar-refractivity contribution is 7.89. The molecule has 1 aliphatic rings. The lowest BCUT2D eigenvalue weighted by atomic mass is 10.1. The van der Waals surface area contributed by atoms with Crippen LogP contribution in [0.4, 0.5) is 0 Å². The van der Waals surface area contributed by atoms with Crippen molar-refractivity contribution >= 4 is 15.9 Å². The molecule has 0 spiro atoms. The summed E-state index contributed by atoms with van der Waals surface area (Å²) in [5.74, 6) is -0.586. The number of nitrogens with one attached hydrogen (secondary N) is 1. The third-order valence-corrected chi connectivity index (χ3v) is 5.10. The van der Waals surface area contributed by atoms with Crippen LogP contribution in [0, 0.1) is 6.92 Å². The van der Waals surface area contributed by atoms with Crippen LogP contribution in [0.2, 0.25) is 0 Å². The number of carbonyl (C=O) groups is 1. The van der Waals surface area contributed by atoms with Crippen LogP contribution < -0.4 is 5.48 Å². The van der Waals surface area contributed by atoms with Crippen molar-refractivity contribution in [3.63, 3.8) is 0 Å². The smallest absolute Gasteiger partial charge is 0.270 e. The maximum atomic E-state index is 12.4. The first-order valence-electron chi connectivity index (χ1n) is 6.15. The lowest BCUT2D eigenvalue weighted by Gasteiger charge is -2.25. The first-order chi connectivity index (χ1) is 9.45. The Bertz CT molecular complexity index is 635. The van der Waals surface area contributed by atoms with Gasteiger partial charge in [0, 0.05) is 18.7 Å². The van der Waals surface area contributed by atoms with Crippen molar-refractivity contribution in [3.8, 4) is 0 Å². The minimum Gasteiger partial charge on any atom is -0.288 e. The van der Waals surface area contributed by atoms with Crippen molar-refractivity contribution in [2.45, 2.75) is 18.2 Å². The van der Waals surface area contributed by atoms with Crippen LogP contribution >= 0.6 is 0 Å². The number of amides is 1. The Morgan fingerprint density at radius 1 is 1.30 bits per heavy atom. The van der Waals surface area contributed by atoms with Gasteiger partial charge in [0.1, 0.15) is 0 Å². The molecule has 0 unspecified atom stereocenters. The summed E-state index contributed by atoms with van der Waals surface area (Å²) in [6, 6.07) is 6.64. The van der Waals surface area contributed by atoms with E-state index in [1.807, 2.05) is 6.92 Å². The fraction of sp³-hybridized carbons (Fsp3) is 0.308. The van der Waals surface area contributed by atoms with Crippen molar-refractivity contribution in [2.75, 3.05) is 13.1 Å². The number of benzene rings is 1. The molecule has 1 amide bonds. The molecule has 20 heavy (non-hydrogen) atoms. The topological polar surface area (TPSA) is 86.7 Å². The van der Waals surface area contributed by atoms with Crippen LogP contribution in [0.5, 0.6) is 0 Å². The summed E-state index contributed by atoms with van der Waals surface area (Å²) < 4.78 is 26.1. The summed E-state index contributed by atoms with van der Waals surface area (Å²) in [5.41, 5.74) is 2.93. The number of carbonyl (C=O) groups excluding carboxylic acids is 1. The van der Waals surface area contributed by atoms with Crippen molar-refractivity contribution in [1.29, 1.82) is 0 Å². The minimum atomic E-state index is -3.54. The highest BCUT2D eigenvalue weighted by atomic mass is 32.2. The molecule has 0 radical (unpaired) electrons. The summed E-state index contributed by atoms with van der Waals surface area (Å²) in [5, 5.41) is 8.54. The normalized spacial score (nSPS) is 16.6. The van der Waals surface area contributed by atoms with E-state index in [-0.39, 0.29) is 24.4 Å². The van der Waals surface area contributed by atoms with Gasteiger partial charge in [-0.25, -0.2) is 13.9 Å². The lowest BCUT2D eigenvalue weighted by Crippen LogP contribution is -2.37. The molecule has 0 atom stereocenters. The number of hydroxylamine groups is 1. The number of rotatable bonds is 3. The Balaban J connectivity index is 2.19. The van der Waals surface area contributed by atoms with Gasteiger partial charge >= 0.3 is 0 Å². The van der Waals surface area contributed by atoms with E-state index in [2.05, 4.69) is 0 Å². The molecular formula is C13H16N2O4S. The molecule has 1 aromatic rings. The zero-order valence-corrected chi connectivity index (χ0v) is 11.9. The summed E-state index contributed by atoms with van der Waals surface area (Å²) in [6.07, 6.45) is 1.79. The highest BCUT2D eigenvalue weighted by Crippen LogP contribution is 2.20. The number of aryl methyl sites for hydroxylation is 1. The molecular weight excluding hydrogens is 280 g/mol. The van der Waals surface area contributed by atoms with Crippen molar-refractivity contribution in [1.82, 2.24) is 9.79 Å². The van der Waals surface area contributed by atoms with Crippen LogP contribution in [0.15, 0.2) is 40.8 Å². The molecule has 0 saturated heterocycles. The maximum Gasteiger partial charge on any atom is 0.270 e. The largest absolute Gasteiger partial charge is 0.288 e. The molecule has 7 heteroatoms. The molecule has 0 aromatic heterocycles. The van der Waals surface area contributed by atoms with E-state index in [4.69, 9.17) is 5.21 Å². The van der Waals surface area contributed by atoms with Crippen LogP contribution in [0.1, 0.15) is 12.0 Å². The van der Waals surface area contributed by atoms with Crippen molar-refractivity contribution in [3.05, 3.63) is 41.5 Å². The van der Waals surface area contributed by atoms with Gasteiger partial charge in [-0.05, 0) is 25.5 Å². The van der Waals surface area contributed by atoms with Crippen molar-refractivity contribution in [2.24, 2.45) is 0 Å². The van der Waals surface area contributed by atoms with E-state index in [9.17, 15) is 13.2 Å². The van der Waals surface area contributed by atoms with Crippen LogP contribution in [-0.4, -0.2) is 36.9 Å². The first kappa shape index (κ1) is 14.7. The number of sulfonamides is 1.